The molecule has 1 aliphatic rings. The summed E-state index contributed by atoms with van der Waals surface area (Å²) in [5, 5.41) is 11.6. The Kier molecular flexibility index (Phi) is 9.79. The minimum Gasteiger partial charge on any atom is -0.549 e. The van der Waals surface area contributed by atoms with E-state index in [-0.39, 0.29) is 52.8 Å². The summed E-state index contributed by atoms with van der Waals surface area (Å²) in [6.07, 6.45) is 1.83. The van der Waals surface area contributed by atoms with E-state index in [1.54, 1.807) is 36.4 Å². The number of ketones is 1. The van der Waals surface area contributed by atoms with Gasteiger partial charge in [-0.15, -0.1) is 0 Å². The van der Waals surface area contributed by atoms with Crippen LogP contribution in [0.15, 0.2) is 54.6 Å². The smallest absolute Gasteiger partial charge is 0.549 e. The molecule has 4 rings (SSSR count). The van der Waals surface area contributed by atoms with Crippen molar-refractivity contribution >= 4 is 23.4 Å². The molecule has 0 saturated carbocycles. The number of methoxy groups -OCH3 is 1. The van der Waals surface area contributed by atoms with Crippen LogP contribution in [0.25, 0.3) is 0 Å². The van der Waals surface area contributed by atoms with E-state index >= 15 is 0 Å². The molecule has 0 radical (unpaired) electrons. The van der Waals surface area contributed by atoms with E-state index in [9.17, 15) is 19.1 Å². The van der Waals surface area contributed by atoms with Crippen LogP contribution in [-0.2, 0) is 11.2 Å². The third kappa shape index (κ3) is 6.59. The molecule has 1 unspecified atom stereocenters. The Hall–Kier alpha value is -2.58. The van der Waals surface area contributed by atoms with E-state index in [4.69, 9.17) is 25.8 Å². The molecule has 3 aromatic carbocycles. The molecule has 3 aromatic rings. The van der Waals surface area contributed by atoms with E-state index < -0.39 is 11.9 Å². The first-order valence-corrected chi connectivity index (χ1v) is 11.5. The second-order valence-electron chi connectivity index (χ2n) is 8.19. The van der Waals surface area contributed by atoms with Gasteiger partial charge in [-0.05, 0) is 61.2 Å². The molecular weight excluding hydrogens is 498 g/mol. The number of aryl methyl sites for hydroxylation is 1. The van der Waals surface area contributed by atoms with Crippen molar-refractivity contribution in [1.29, 1.82) is 0 Å². The first-order chi connectivity index (χ1) is 16.9. The van der Waals surface area contributed by atoms with Gasteiger partial charge in [-0.1, -0.05) is 17.7 Å². The number of halogens is 2. The molecule has 0 bridgehead atoms. The van der Waals surface area contributed by atoms with Gasteiger partial charge >= 0.3 is 29.6 Å². The van der Waals surface area contributed by atoms with Crippen molar-refractivity contribution in [2.24, 2.45) is 0 Å². The molecule has 0 aromatic heterocycles. The summed E-state index contributed by atoms with van der Waals surface area (Å²) in [5.74, 6) is -0.685. The Morgan fingerprint density at radius 2 is 1.86 bits per heavy atom. The molecule has 0 aliphatic carbocycles. The van der Waals surface area contributed by atoms with Crippen LogP contribution < -0.4 is 48.9 Å². The van der Waals surface area contributed by atoms with Gasteiger partial charge in [0.25, 0.3) is 0 Å². The van der Waals surface area contributed by atoms with Gasteiger partial charge in [-0.3, -0.25) is 4.79 Å². The van der Waals surface area contributed by atoms with Gasteiger partial charge in [-0.25, -0.2) is 4.39 Å². The van der Waals surface area contributed by atoms with Crippen LogP contribution in [0.2, 0.25) is 5.02 Å². The summed E-state index contributed by atoms with van der Waals surface area (Å²) in [5.41, 5.74) is 1.86. The predicted octanol–water partition coefficient (Wildman–Crippen LogP) is 2.11. The summed E-state index contributed by atoms with van der Waals surface area (Å²) >= 11 is 6.32. The third-order valence-electron chi connectivity index (χ3n) is 5.89. The SMILES string of the molecule is COc1cc(F)ccc1CCCC(=O)c1ccc(Oc2cc3c(cc2Cl)C(C(=O)[O-])CCO3)cc1.[Na+]. The number of carboxylic acid groups (broad SMARTS) is 1. The Labute approximate surface area is 235 Å². The van der Waals surface area contributed by atoms with Crippen molar-refractivity contribution in [3.05, 3.63) is 82.1 Å². The van der Waals surface area contributed by atoms with E-state index in [2.05, 4.69) is 0 Å². The maximum atomic E-state index is 13.3. The number of rotatable bonds is 9. The molecular formula is C27H23ClFNaO6. The van der Waals surface area contributed by atoms with Crippen LogP contribution >= 0.6 is 11.6 Å². The molecule has 0 saturated heterocycles. The summed E-state index contributed by atoms with van der Waals surface area (Å²) in [6.45, 7) is 0.261. The number of carbonyl (C=O) groups is 2. The fourth-order valence-corrected chi connectivity index (χ4v) is 4.27. The summed E-state index contributed by atoms with van der Waals surface area (Å²) in [4.78, 5) is 24.0. The van der Waals surface area contributed by atoms with E-state index in [0.717, 1.165) is 5.56 Å². The van der Waals surface area contributed by atoms with Gasteiger partial charge in [0.2, 0.25) is 0 Å². The minimum absolute atomic E-state index is 0. The Morgan fingerprint density at radius 3 is 2.56 bits per heavy atom. The first kappa shape index (κ1) is 28.0. The quantitative estimate of drug-likeness (QED) is 0.317. The van der Waals surface area contributed by atoms with E-state index in [1.165, 1.54) is 25.3 Å². The fraction of sp³-hybridized carbons (Fsp3) is 0.259. The average molecular weight is 521 g/mol. The second kappa shape index (κ2) is 12.6. The summed E-state index contributed by atoms with van der Waals surface area (Å²) in [7, 11) is 1.49. The topological polar surface area (TPSA) is 84.9 Å². The molecule has 9 heteroatoms. The van der Waals surface area contributed by atoms with Crippen LogP contribution in [-0.4, -0.2) is 25.5 Å². The first-order valence-electron chi connectivity index (χ1n) is 11.2. The summed E-state index contributed by atoms with van der Waals surface area (Å²) < 4.78 is 30.0. The second-order valence-corrected chi connectivity index (χ2v) is 8.60. The number of hydrogen-bond acceptors (Lipinski definition) is 6. The molecule has 0 amide bonds. The van der Waals surface area contributed by atoms with Gasteiger partial charge in [0, 0.05) is 41.6 Å². The largest absolute Gasteiger partial charge is 1.00 e. The number of Topliss-reactive ketones (excluding diaryl/α,β-unsaturated/α-hetero) is 1. The van der Waals surface area contributed by atoms with Gasteiger partial charge in [0.1, 0.15) is 28.8 Å². The Bertz CT molecular complexity index is 1250. The molecule has 182 valence electrons. The number of fused-ring (bicyclic) bond motifs is 1. The fourth-order valence-electron chi connectivity index (χ4n) is 4.06. The number of benzene rings is 3. The molecule has 6 nitrogen and oxygen atoms in total. The predicted molar refractivity (Wildman–Crippen MR) is 126 cm³/mol. The van der Waals surface area contributed by atoms with Gasteiger partial charge in [-0.2, -0.15) is 0 Å². The maximum Gasteiger partial charge on any atom is 1.00 e. The number of carbonyl (C=O) groups excluding carboxylic acids is 2. The Balaban J connectivity index is 0.00000361. The minimum atomic E-state index is -1.17. The van der Waals surface area contributed by atoms with Crippen molar-refractivity contribution in [1.82, 2.24) is 0 Å². The maximum absolute atomic E-state index is 13.3. The van der Waals surface area contributed by atoms with Crippen molar-refractivity contribution in [3.8, 4) is 23.0 Å². The molecule has 1 atom stereocenters. The molecule has 0 fully saturated rings. The summed E-state index contributed by atoms with van der Waals surface area (Å²) in [6, 6.07) is 14.1. The zero-order valence-electron chi connectivity index (χ0n) is 20.0. The number of ether oxygens (including phenoxy) is 3. The zero-order chi connectivity index (χ0) is 24.9. The van der Waals surface area contributed by atoms with Gasteiger partial charge in [0.05, 0.1) is 18.7 Å². The van der Waals surface area contributed by atoms with Crippen molar-refractivity contribution in [2.75, 3.05) is 13.7 Å². The van der Waals surface area contributed by atoms with E-state index in [1.807, 2.05) is 0 Å². The number of aliphatic carboxylic acids is 1. The standard InChI is InChI=1S/C27H24ClFO6.Na/c1-33-24-13-18(29)8-5-17(24)3-2-4-23(30)16-6-9-19(10-7-16)35-26-15-25-21(14-22(26)28)20(27(31)32)11-12-34-25;/h5-10,13-15,20H,2-4,11-12H2,1H3,(H,31,32);/q;+1/p-1. The number of carboxylic acids is 1. The van der Waals surface area contributed by atoms with Crippen LogP contribution in [0.5, 0.6) is 23.0 Å². The van der Waals surface area contributed by atoms with Gasteiger partial charge < -0.3 is 24.1 Å². The van der Waals surface area contributed by atoms with Crippen molar-refractivity contribution in [2.45, 2.75) is 31.6 Å². The van der Waals surface area contributed by atoms with Crippen molar-refractivity contribution < 1.29 is 62.9 Å². The van der Waals surface area contributed by atoms with Crippen molar-refractivity contribution in [3.63, 3.8) is 0 Å². The monoisotopic (exact) mass is 520 g/mol. The van der Waals surface area contributed by atoms with Crippen LogP contribution in [0.3, 0.4) is 0 Å². The molecule has 1 aliphatic heterocycles. The molecule has 1 heterocycles. The number of hydrogen-bond donors (Lipinski definition) is 0. The van der Waals surface area contributed by atoms with E-state index in [0.29, 0.717) is 59.8 Å². The zero-order valence-corrected chi connectivity index (χ0v) is 22.8. The molecule has 0 spiro atoms. The molecule has 36 heavy (non-hydrogen) atoms. The average Bonchev–Trinajstić information content (AvgIpc) is 2.85. The third-order valence-corrected chi connectivity index (χ3v) is 6.19. The molecule has 0 N–H and O–H groups in total. The van der Waals surface area contributed by atoms with Crippen LogP contribution in [0.1, 0.15) is 46.7 Å². The van der Waals surface area contributed by atoms with Gasteiger partial charge in [0.15, 0.2) is 5.78 Å². The van der Waals surface area contributed by atoms with Crippen LogP contribution in [0, 0.1) is 5.82 Å². The van der Waals surface area contributed by atoms with Crippen LogP contribution in [0.4, 0.5) is 4.39 Å². The normalized spacial score (nSPS) is 14.1. The Morgan fingerprint density at radius 1 is 1.11 bits per heavy atom.